The number of aliphatic hydroxyl groups excluding tert-OH is 1. The van der Waals surface area contributed by atoms with Gasteiger partial charge in [-0.05, 0) is 54.6 Å². The second-order valence-corrected chi connectivity index (χ2v) is 8.74. The molecule has 2 aliphatic rings. The number of esters is 1. The average molecular weight is 347 g/mol. The smallest absolute Gasteiger partial charge is 0.303 e. The van der Waals surface area contributed by atoms with Crippen LogP contribution in [0.5, 0.6) is 0 Å². The lowest BCUT2D eigenvalue weighted by atomic mass is 9.47. The van der Waals surface area contributed by atoms with Gasteiger partial charge >= 0.3 is 5.97 Å². The van der Waals surface area contributed by atoms with Crippen LogP contribution in [0.4, 0.5) is 0 Å². The number of ether oxygens (including phenoxy) is 1. The Bertz CT molecular complexity index is 584. The average Bonchev–Trinajstić information content (AvgIpc) is 2.51. The fraction of sp³-hybridized carbons (Fsp3) is 0.682. The van der Waals surface area contributed by atoms with Crippen molar-refractivity contribution in [3.8, 4) is 0 Å². The lowest BCUT2D eigenvalue weighted by Crippen LogP contribution is -2.55. The zero-order valence-corrected chi connectivity index (χ0v) is 16.5. The molecule has 1 fully saturated rings. The molecule has 0 heterocycles. The van der Waals surface area contributed by atoms with Gasteiger partial charge in [0.2, 0.25) is 0 Å². The number of aliphatic hydroxyl groups is 1. The Balaban J connectivity index is 2.51. The van der Waals surface area contributed by atoms with E-state index < -0.39 is 0 Å². The number of hydrogen-bond donors (Lipinski definition) is 1. The van der Waals surface area contributed by atoms with Crippen LogP contribution in [-0.2, 0) is 9.53 Å². The molecule has 0 aromatic rings. The van der Waals surface area contributed by atoms with Crippen LogP contribution in [0.15, 0.2) is 36.0 Å². The predicted molar refractivity (Wildman–Crippen MR) is 102 cm³/mol. The largest absolute Gasteiger partial charge is 0.458 e. The maximum Gasteiger partial charge on any atom is 0.303 e. The lowest BCUT2D eigenvalue weighted by molar-refractivity contribution is -0.161. The quantitative estimate of drug-likeness (QED) is 0.441. The predicted octanol–water partition coefficient (Wildman–Crippen LogP) is 4.82. The van der Waals surface area contributed by atoms with E-state index in [1.165, 1.54) is 13.3 Å². The molecule has 3 heteroatoms. The number of carbonyl (C=O) groups excluding carboxylic acids is 1. The van der Waals surface area contributed by atoms with Gasteiger partial charge in [-0.25, -0.2) is 0 Å². The molecule has 4 unspecified atom stereocenters. The summed E-state index contributed by atoms with van der Waals surface area (Å²) in [5, 5.41) is 10.0. The van der Waals surface area contributed by atoms with E-state index in [4.69, 9.17) is 4.74 Å². The van der Waals surface area contributed by atoms with Crippen molar-refractivity contribution < 1.29 is 14.6 Å². The molecule has 0 saturated heterocycles. The third-order valence-electron chi connectivity index (χ3n) is 6.52. The van der Waals surface area contributed by atoms with Gasteiger partial charge < -0.3 is 9.84 Å². The van der Waals surface area contributed by atoms with E-state index >= 15 is 0 Å². The third-order valence-corrected chi connectivity index (χ3v) is 6.52. The molecular formula is C22H34O3. The van der Waals surface area contributed by atoms with Crippen LogP contribution in [0, 0.1) is 22.7 Å². The molecule has 2 rings (SSSR count). The van der Waals surface area contributed by atoms with Crippen LogP contribution in [0.1, 0.15) is 60.3 Å². The van der Waals surface area contributed by atoms with E-state index in [0.29, 0.717) is 0 Å². The van der Waals surface area contributed by atoms with E-state index in [1.54, 1.807) is 0 Å². The zero-order chi connectivity index (χ0) is 18.8. The highest BCUT2D eigenvalue weighted by Crippen LogP contribution is 2.61. The number of carbonyl (C=O) groups is 1. The van der Waals surface area contributed by atoms with E-state index in [-0.39, 0.29) is 41.3 Å². The Labute approximate surface area is 152 Å². The summed E-state index contributed by atoms with van der Waals surface area (Å²) < 4.78 is 5.73. The molecule has 25 heavy (non-hydrogen) atoms. The Kier molecular flexibility index (Phi) is 5.98. The highest BCUT2D eigenvalue weighted by Gasteiger charge is 2.56. The fourth-order valence-corrected chi connectivity index (χ4v) is 5.45. The van der Waals surface area contributed by atoms with Crippen molar-refractivity contribution in [1.29, 1.82) is 0 Å². The molecule has 0 bridgehead atoms. The molecule has 140 valence electrons. The van der Waals surface area contributed by atoms with Crippen molar-refractivity contribution in [1.82, 2.24) is 0 Å². The first kappa shape index (κ1) is 20.0. The van der Waals surface area contributed by atoms with Gasteiger partial charge in [0.05, 0.1) is 6.61 Å². The molecule has 1 saturated carbocycles. The minimum atomic E-state index is -0.249. The summed E-state index contributed by atoms with van der Waals surface area (Å²) >= 11 is 0. The number of hydrogen-bond acceptors (Lipinski definition) is 3. The summed E-state index contributed by atoms with van der Waals surface area (Å²) in [6.07, 6.45) is 10.2. The summed E-state index contributed by atoms with van der Waals surface area (Å²) in [7, 11) is 0. The summed E-state index contributed by atoms with van der Waals surface area (Å²) in [4.78, 5) is 11.7. The van der Waals surface area contributed by atoms with Crippen molar-refractivity contribution in [3.05, 3.63) is 36.0 Å². The standard InChI is InChI=1S/C22H34O3/c1-7-15(2)9-10-18-17(14-23)13-19(25-16(3)24)20-21(4,5)11-8-12-22(18,20)6/h7,9,13,18-20,23H,1,8,10-12,14H2,2-6H3. The Hall–Kier alpha value is -1.35. The van der Waals surface area contributed by atoms with Crippen LogP contribution in [0.2, 0.25) is 0 Å². The molecule has 2 aliphatic carbocycles. The first-order valence-corrected chi connectivity index (χ1v) is 9.43. The molecule has 0 aromatic heterocycles. The van der Waals surface area contributed by atoms with Crippen LogP contribution in [0.3, 0.4) is 0 Å². The highest BCUT2D eigenvalue weighted by atomic mass is 16.5. The van der Waals surface area contributed by atoms with Crippen molar-refractivity contribution in [2.75, 3.05) is 6.61 Å². The summed E-state index contributed by atoms with van der Waals surface area (Å²) in [6.45, 7) is 14.3. The van der Waals surface area contributed by atoms with E-state index in [1.807, 2.05) is 12.2 Å². The molecule has 0 aromatic carbocycles. The molecule has 4 atom stereocenters. The van der Waals surface area contributed by atoms with Gasteiger partial charge in [-0.3, -0.25) is 4.79 Å². The maximum atomic E-state index is 11.7. The van der Waals surface area contributed by atoms with Gasteiger partial charge in [0.15, 0.2) is 0 Å². The van der Waals surface area contributed by atoms with Gasteiger partial charge in [-0.2, -0.15) is 0 Å². The zero-order valence-electron chi connectivity index (χ0n) is 16.5. The maximum absolute atomic E-state index is 11.7. The Morgan fingerprint density at radius 3 is 2.60 bits per heavy atom. The van der Waals surface area contributed by atoms with E-state index in [2.05, 4.69) is 40.3 Å². The van der Waals surface area contributed by atoms with Crippen molar-refractivity contribution >= 4 is 5.97 Å². The second kappa shape index (κ2) is 7.49. The summed E-state index contributed by atoms with van der Waals surface area (Å²) in [5.74, 6) is 0.280. The second-order valence-electron chi connectivity index (χ2n) is 8.74. The first-order chi connectivity index (χ1) is 11.7. The van der Waals surface area contributed by atoms with Crippen molar-refractivity contribution in [2.24, 2.45) is 22.7 Å². The number of fused-ring (bicyclic) bond motifs is 1. The Morgan fingerprint density at radius 2 is 2.04 bits per heavy atom. The van der Waals surface area contributed by atoms with Crippen molar-refractivity contribution in [3.63, 3.8) is 0 Å². The molecule has 1 N–H and O–H groups in total. The van der Waals surface area contributed by atoms with Gasteiger partial charge in [-0.1, -0.05) is 51.5 Å². The molecule has 0 spiro atoms. The minimum Gasteiger partial charge on any atom is -0.458 e. The SMILES string of the molecule is C=CC(C)=CCC1C(CO)=CC(OC(C)=O)C2C(C)(C)CCCC12C. The molecule has 3 nitrogen and oxygen atoms in total. The third kappa shape index (κ3) is 3.92. The summed E-state index contributed by atoms with van der Waals surface area (Å²) in [5.41, 5.74) is 2.28. The van der Waals surface area contributed by atoms with Crippen LogP contribution >= 0.6 is 0 Å². The number of allylic oxidation sites excluding steroid dienone is 3. The van der Waals surface area contributed by atoms with Crippen LogP contribution in [-0.4, -0.2) is 23.8 Å². The van der Waals surface area contributed by atoms with Gasteiger partial charge in [0.1, 0.15) is 6.10 Å². The normalized spacial score (nSPS) is 34.7. The lowest BCUT2D eigenvalue weighted by Gasteiger charge is -2.58. The van der Waals surface area contributed by atoms with Gasteiger partial charge in [0.25, 0.3) is 0 Å². The minimum absolute atomic E-state index is 0.00658. The fourth-order valence-electron chi connectivity index (χ4n) is 5.45. The Morgan fingerprint density at radius 1 is 1.36 bits per heavy atom. The molecule has 0 radical (unpaired) electrons. The topological polar surface area (TPSA) is 46.5 Å². The van der Waals surface area contributed by atoms with Gasteiger partial charge in [0, 0.05) is 12.8 Å². The van der Waals surface area contributed by atoms with E-state index in [9.17, 15) is 9.90 Å². The van der Waals surface area contributed by atoms with Crippen molar-refractivity contribution in [2.45, 2.75) is 66.4 Å². The monoisotopic (exact) mass is 346 g/mol. The molecular weight excluding hydrogens is 312 g/mol. The number of rotatable bonds is 5. The molecule has 0 aliphatic heterocycles. The summed E-state index contributed by atoms with van der Waals surface area (Å²) in [6, 6.07) is 0. The van der Waals surface area contributed by atoms with Crippen LogP contribution < -0.4 is 0 Å². The molecule has 0 amide bonds. The van der Waals surface area contributed by atoms with E-state index in [0.717, 1.165) is 30.4 Å². The van der Waals surface area contributed by atoms with Gasteiger partial charge in [-0.15, -0.1) is 0 Å². The van der Waals surface area contributed by atoms with Crippen LogP contribution in [0.25, 0.3) is 0 Å². The first-order valence-electron chi connectivity index (χ1n) is 9.43. The highest BCUT2D eigenvalue weighted by molar-refractivity contribution is 5.66.